The first kappa shape index (κ1) is 54.1. The average Bonchev–Trinajstić information content (AvgIpc) is 3.69. The quantitative estimate of drug-likeness (QED) is 0.167. The van der Waals surface area contributed by atoms with Crippen LogP contribution in [-0.2, 0) is 90.5 Å². The number of nitrogens with one attached hydrogen (secondary N) is 1. The number of fused-ring (bicyclic) bond motifs is 1. The van der Waals surface area contributed by atoms with Gasteiger partial charge < -0.3 is 71.3 Å². The molecule has 384 valence electrons. The number of pyridine rings is 1. The Hall–Kier alpha value is -7.87. The van der Waals surface area contributed by atoms with Gasteiger partial charge in [0.1, 0.15) is 22.7 Å². The number of hydrogen-bond acceptors (Lipinski definition) is 24. The van der Waals surface area contributed by atoms with E-state index < -0.39 is 132 Å². The Labute approximate surface area is 403 Å². The van der Waals surface area contributed by atoms with Crippen LogP contribution in [-0.4, -0.2) is 150 Å². The molecule has 2 aliphatic heterocycles. The van der Waals surface area contributed by atoms with E-state index in [4.69, 9.17) is 61.6 Å². The van der Waals surface area contributed by atoms with Gasteiger partial charge in [0, 0.05) is 60.0 Å². The summed E-state index contributed by atoms with van der Waals surface area (Å²) < 4.78 is 73.3. The van der Waals surface area contributed by atoms with Gasteiger partial charge in [-0.2, -0.15) is 0 Å². The number of rotatable bonds is 15. The van der Waals surface area contributed by atoms with Crippen LogP contribution in [0.2, 0.25) is 0 Å². The normalized spacial score (nSPS) is 23.9. The molecule has 26 heteroatoms. The summed E-state index contributed by atoms with van der Waals surface area (Å²) in [5.41, 5.74) is -0.778. The molecule has 0 radical (unpaired) electrons. The molecule has 5 rings (SSSR count). The second kappa shape index (κ2) is 22.7. The molecule has 0 spiro atoms. The predicted octanol–water partition coefficient (Wildman–Crippen LogP) is 1.69. The zero-order valence-corrected chi connectivity index (χ0v) is 40.1. The van der Waals surface area contributed by atoms with Crippen molar-refractivity contribution in [3.63, 3.8) is 0 Å². The number of ether oxygens (including phenoxy) is 13. The Kier molecular flexibility index (Phi) is 17.3. The van der Waals surface area contributed by atoms with Crippen LogP contribution >= 0.6 is 0 Å². The summed E-state index contributed by atoms with van der Waals surface area (Å²) in [5, 5.41) is 2.67. The minimum absolute atomic E-state index is 0.0328. The van der Waals surface area contributed by atoms with E-state index >= 15 is 0 Å². The summed E-state index contributed by atoms with van der Waals surface area (Å²) >= 11 is 0. The predicted molar refractivity (Wildman–Crippen MR) is 231 cm³/mol. The van der Waals surface area contributed by atoms with E-state index in [0.29, 0.717) is 5.65 Å². The van der Waals surface area contributed by atoms with E-state index in [1.54, 1.807) is 20.8 Å². The van der Waals surface area contributed by atoms with E-state index in [1.165, 1.54) is 35.0 Å². The van der Waals surface area contributed by atoms with Gasteiger partial charge in [0.2, 0.25) is 24.8 Å². The van der Waals surface area contributed by atoms with Crippen molar-refractivity contribution in [2.24, 2.45) is 0 Å². The maximum Gasteiger partial charge on any atom is 0.359 e. The zero-order valence-electron chi connectivity index (χ0n) is 40.1. The smallest absolute Gasteiger partial charge is 0.359 e. The fourth-order valence-electron chi connectivity index (χ4n) is 7.16. The van der Waals surface area contributed by atoms with Crippen molar-refractivity contribution in [3.8, 4) is 11.5 Å². The van der Waals surface area contributed by atoms with E-state index in [9.17, 15) is 47.9 Å². The highest BCUT2D eigenvalue weighted by atomic mass is 16.8. The number of carbonyl (C=O) groups is 10. The molecule has 0 saturated carbocycles. The molecule has 4 heterocycles. The SMILES string of the molecule is COC(=O)[C@H]1O[C@@H](Oc2ccc(C(=O)Nc3ccc4nc(C(=O)OC(C)(C)C)cn4c3)c(O[C@@H]3O[C@H](C(=O)OC)[C@@H](OC(C)=O)[C@H](OC(C)=O)[C@H]3OC(C)=O)c2)[C@H](OC(C)=O)[C@@H](OC(C)=O)[C@@H]1OC(C)=O. The number of benzene rings is 1. The van der Waals surface area contributed by atoms with Crippen LogP contribution in [0, 0.1) is 0 Å². The molecule has 2 aliphatic rings. The lowest BCUT2D eigenvalue weighted by molar-refractivity contribution is -0.283. The molecule has 3 aromatic rings. The van der Waals surface area contributed by atoms with Gasteiger partial charge in [0.25, 0.3) is 5.91 Å². The van der Waals surface area contributed by atoms with Crippen LogP contribution in [0.4, 0.5) is 5.69 Å². The maximum atomic E-state index is 14.4. The number of imidazole rings is 1. The Bertz CT molecular complexity index is 2570. The van der Waals surface area contributed by atoms with Gasteiger partial charge in [0.15, 0.2) is 42.3 Å². The molecule has 1 N–H and O–H groups in total. The highest BCUT2D eigenvalue weighted by Crippen LogP contribution is 2.37. The van der Waals surface area contributed by atoms with Crippen molar-refractivity contribution in [1.29, 1.82) is 0 Å². The van der Waals surface area contributed by atoms with Crippen LogP contribution < -0.4 is 14.8 Å². The van der Waals surface area contributed by atoms with Gasteiger partial charge in [-0.1, -0.05) is 0 Å². The van der Waals surface area contributed by atoms with Crippen LogP contribution in [0.15, 0.2) is 42.7 Å². The molecule has 71 heavy (non-hydrogen) atoms. The highest BCUT2D eigenvalue weighted by molar-refractivity contribution is 6.06. The van der Waals surface area contributed by atoms with Crippen molar-refractivity contribution >= 4 is 71.0 Å². The van der Waals surface area contributed by atoms with Crippen LogP contribution in [0.1, 0.15) is 83.2 Å². The van der Waals surface area contributed by atoms with Crippen molar-refractivity contribution < 1.29 is 110 Å². The number of hydrogen-bond donors (Lipinski definition) is 1. The van der Waals surface area contributed by atoms with Gasteiger partial charge in [-0.15, -0.1) is 0 Å². The summed E-state index contributed by atoms with van der Waals surface area (Å²) in [6, 6.07) is 6.28. The van der Waals surface area contributed by atoms with Gasteiger partial charge in [-0.3, -0.25) is 33.6 Å². The Balaban J connectivity index is 1.65. The summed E-state index contributed by atoms with van der Waals surface area (Å²) in [7, 11) is 1.95. The lowest BCUT2D eigenvalue weighted by atomic mass is 9.97. The summed E-state index contributed by atoms with van der Waals surface area (Å²) in [6.45, 7) is 10.9. The van der Waals surface area contributed by atoms with Gasteiger partial charge in [-0.05, 0) is 45.0 Å². The number of amides is 1. The summed E-state index contributed by atoms with van der Waals surface area (Å²) in [4.78, 5) is 132. The first-order valence-corrected chi connectivity index (χ1v) is 21.3. The Morgan fingerprint density at radius 3 is 1.48 bits per heavy atom. The highest BCUT2D eigenvalue weighted by Gasteiger charge is 2.57. The molecule has 2 fully saturated rings. The molecule has 2 aromatic heterocycles. The first-order valence-electron chi connectivity index (χ1n) is 21.3. The van der Waals surface area contributed by atoms with Crippen LogP contribution in [0.5, 0.6) is 11.5 Å². The Morgan fingerprint density at radius 2 is 1.03 bits per heavy atom. The van der Waals surface area contributed by atoms with Crippen molar-refractivity contribution in [1.82, 2.24) is 9.38 Å². The maximum absolute atomic E-state index is 14.4. The Morgan fingerprint density at radius 1 is 0.577 bits per heavy atom. The fraction of sp³-hybridized carbons (Fsp3) is 0.489. The number of carbonyl (C=O) groups excluding carboxylic acids is 10. The topological polar surface area (TPSA) is 320 Å². The van der Waals surface area contributed by atoms with Crippen LogP contribution in [0.25, 0.3) is 5.65 Å². The molecule has 0 aliphatic carbocycles. The molecule has 0 unspecified atom stereocenters. The second-order valence-corrected chi connectivity index (χ2v) is 16.5. The number of esters is 9. The fourth-order valence-corrected chi connectivity index (χ4v) is 7.16. The minimum Gasteiger partial charge on any atom is -0.467 e. The van der Waals surface area contributed by atoms with Crippen LogP contribution in [0.3, 0.4) is 0 Å². The molecule has 0 bridgehead atoms. The number of nitrogens with zero attached hydrogens (tertiary/aromatic N) is 2. The van der Waals surface area contributed by atoms with E-state index in [0.717, 1.165) is 67.9 Å². The number of aromatic nitrogens is 2. The van der Waals surface area contributed by atoms with Gasteiger partial charge >= 0.3 is 53.7 Å². The van der Waals surface area contributed by atoms with Gasteiger partial charge in [-0.25, -0.2) is 19.4 Å². The van der Waals surface area contributed by atoms with E-state index in [2.05, 4.69) is 10.3 Å². The standard InChI is InChI=1S/C45H51N3O23/c1-19(49)61-31-33(63-21(3)51)37(65-23(5)53)43(69-35(31)41(57)59-10)67-26-13-14-27(39(55)46-25-12-15-30-47-28(18-48(30)17-25)40(56)71-45(7,8)9)29(16-26)68-44-38(66-24(6)54)34(64-22(4)52)32(62-20(2)50)36(70-44)42(58)60-11/h12-18,31-38,43-44H,1-11H3,(H,46,55)/t31-,32-,33-,34-,35-,36-,37+,38+,43+,44+/m0/s1. The lowest BCUT2D eigenvalue weighted by Crippen LogP contribution is -2.64. The molecule has 10 atom stereocenters. The molecular weight excluding hydrogens is 950 g/mol. The zero-order chi connectivity index (χ0) is 52.6. The summed E-state index contributed by atoms with van der Waals surface area (Å²) in [6.07, 6.45) is -15.8. The third kappa shape index (κ3) is 13.9. The lowest BCUT2D eigenvalue weighted by Gasteiger charge is -2.43. The minimum atomic E-state index is -2.03. The third-order valence-electron chi connectivity index (χ3n) is 9.68. The first-order chi connectivity index (χ1) is 33.3. The molecule has 1 amide bonds. The monoisotopic (exact) mass is 1000 g/mol. The third-order valence-corrected chi connectivity index (χ3v) is 9.68. The molecule has 1 aromatic carbocycles. The number of methoxy groups -OCH3 is 2. The molecule has 26 nitrogen and oxygen atoms in total. The molecule has 2 saturated heterocycles. The van der Waals surface area contributed by atoms with Crippen molar-refractivity contribution in [3.05, 3.63) is 54.0 Å². The average molecular weight is 1000 g/mol. The summed E-state index contributed by atoms with van der Waals surface area (Å²) in [5.74, 6) is -10.7. The largest absolute Gasteiger partial charge is 0.467 e. The second-order valence-electron chi connectivity index (χ2n) is 16.5. The van der Waals surface area contributed by atoms with Gasteiger partial charge in [0.05, 0.1) is 25.5 Å². The van der Waals surface area contributed by atoms with E-state index in [1.807, 2.05) is 0 Å². The van der Waals surface area contributed by atoms with Crippen molar-refractivity contribution in [2.75, 3.05) is 19.5 Å². The molecular formula is C45H51N3O23. The van der Waals surface area contributed by atoms with E-state index in [-0.39, 0.29) is 22.7 Å². The number of anilines is 1. The van der Waals surface area contributed by atoms with Crippen molar-refractivity contribution in [2.45, 2.75) is 129 Å².